The van der Waals surface area contributed by atoms with Crippen molar-refractivity contribution in [3.63, 3.8) is 0 Å². The van der Waals surface area contributed by atoms with Crippen LogP contribution >= 0.6 is 0 Å². The van der Waals surface area contributed by atoms with Crippen LogP contribution in [-0.2, 0) is 11.2 Å². The zero-order chi connectivity index (χ0) is 19.9. The van der Waals surface area contributed by atoms with Gasteiger partial charge in [-0.25, -0.2) is 4.39 Å². The third kappa shape index (κ3) is 4.61. The van der Waals surface area contributed by atoms with Crippen LogP contribution in [0.4, 0.5) is 4.39 Å². The van der Waals surface area contributed by atoms with Crippen molar-refractivity contribution in [3.8, 4) is 0 Å². The van der Waals surface area contributed by atoms with Gasteiger partial charge in [0.05, 0.1) is 0 Å². The van der Waals surface area contributed by atoms with E-state index in [-0.39, 0.29) is 17.6 Å². The second-order valence-corrected chi connectivity index (χ2v) is 7.31. The predicted molar refractivity (Wildman–Crippen MR) is 113 cm³/mol. The molecule has 0 saturated carbocycles. The highest BCUT2D eigenvalue weighted by molar-refractivity contribution is 5.88. The van der Waals surface area contributed by atoms with Crippen molar-refractivity contribution >= 4 is 16.8 Å². The molecule has 0 bridgehead atoms. The number of benzene rings is 2. The zero-order valence-corrected chi connectivity index (χ0v) is 16.7. The lowest BCUT2D eigenvalue weighted by Crippen LogP contribution is -2.26. The molecule has 1 aromatic heterocycles. The van der Waals surface area contributed by atoms with E-state index in [1.165, 1.54) is 17.7 Å². The third-order valence-corrected chi connectivity index (χ3v) is 5.33. The molecule has 3 rings (SSSR count). The SMILES string of the molecule is CCCCCNC(=O)C[C@H](c1cccc(F)c1)c1c[nH]c2c(CC)cccc12. The average molecular weight is 381 g/mol. The first kappa shape index (κ1) is 20.1. The quantitative estimate of drug-likeness (QED) is 0.460. The van der Waals surface area contributed by atoms with Crippen molar-refractivity contribution in [1.82, 2.24) is 10.3 Å². The molecule has 0 fully saturated rings. The number of para-hydroxylation sites is 1. The number of aryl methyl sites for hydroxylation is 1. The summed E-state index contributed by atoms with van der Waals surface area (Å²) in [6.07, 6.45) is 6.43. The van der Waals surface area contributed by atoms with Crippen molar-refractivity contribution in [1.29, 1.82) is 0 Å². The molecule has 1 atom stereocenters. The Morgan fingerprint density at radius 1 is 1.14 bits per heavy atom. The molecule has 0 aliphatic heterocycles. The molecule has 1 amide bonds. The highest BCUT2D eigenvalue weighted by Gasteiger charge is 2.22. The third-order valence-electron chi connectivity index (χ3n) is 5.33. The molecule has 148 valence electrons. The maximum Gasteiger partial charge on any atom is 0.220 e. The van der Waals surface area contributed by atoms with Crippen LogP contribution in [-0.4, -0.2) is 17.4 Å². The minimum absolute atomic E-state index is 0.00589. The number of aromatic amines is 1. The summed E-state index contributed by atoms with van der Waals surface area (Å²) >= 11 is 0. The fourth-order valence-corrected chi connectivity index (χ4v) is 3.81. The first-order chi connectivity index (χ1) is 13.6. The summed E-state index contributed by atoms with van der Waals surface area (Å²) in [5, 5.41) is 4.13. The van der Waals surface area contributed by atoms with Crippen LogP contribution in [0.2, 0.25) is 0 Å². The molecule has 0 aliphatic rings. The van der Waals surface area contributed by atoms with Crippen LogP contribution in [0.1, 0.15) is 62.1 Å². The molecule has 0 radical (unpaired) electrons. The normalized spacial score (nSPS) is 12.2. The van der Waals surface area contributed by atoms with Crippen molar-refractivity contribution in [2.24, 2.45) is 0 Å². The van der Waals surface area contributed by atoms with Gasteiger partial charge in [-0.3, -0.25) is 4.79 Å². The predicted octanol–water partition coefficient (Wildman–Crippen LogP) is 5.70. The second kappa shape index (κ2) is 9.54. The number of amides is 1. The number of fused-ring (bicyclic) bond motifs is 1. The summed E-state index contributed by atoms with van der Waals surface area (Å²) in [5.74, 6) is -0.464. The zero-order valence-electron chi connectivity index (χ0n) is 16.7. The van der Waals surface area contributed by atoms with Crippen molar-refractivity contribution in [2.75, 3.05) is 6.54 Å². The summed E-state index contributed by atoms with van der Waals surface area (Å²) in [7, 11) is 0. The summed E-state index contributed by atoms with van der Waals surface area (Å²) in [5.41, 5.74) is 4.21. The van der Waals surface area contributed by atoms with E-state index in [0.29, 0.717) is 13.0 Å². The van der Waals surface area contributed by atoms with Crippen LogP contribution in [0.5, 0.6) is 0 Å². The van der Waals surface area contributed by atoms with E-state index in [9.17, 15) is 9.18 Å². The molecule has 0 aliphatic carbocycles. The Morgan fingerprint density at radius 2 is 1.96 bits per heavy atom. The number of nitrogens with one attached hydrogen (secondary N) is 2. The number of hydrogen-bond acceptors (Lipinski definition) is 1. The number of unbranched alkanes of at least 4 members (excludes halogenated alkanes) is 2. The summed E-state index contributed by atoms with van der Waals surface area (Å²) in [6, 6.07) is 12.8. The number of rotatable bonds is 9. The van der Waals surface area contributed by atoms with E-state index < -0.39 is 0 Å². The van der Waals surface area contributed by atoms with Gasteiger partial charge in [0.2, 0.25) is 5.91 Å². The minimum Gasteiger partial charge on any atom is -0.361 e. The lowest BCUT2D eigenvalue weighted by atomic mass is 9.87. The molecular weight excluding hydrogens is 351 g/mol. The van der Waals surface area contributed by atoms with E-state index in [1.807, 2.05) is 18.3 Å². The fourth-order valence-electron chi connectivity index (χ4n) is 3.81. The van der Waals surface area contributed by atoms with E-state index in [2.05, 4.69) is 36.3 Å². The van der Waals surface area contributed by atoms with Gasteiger partial charge in [0.25, 0.3) is 0 Å². The van der Waals surface area contributed by atoms with Crippen molar-refractivity contribution < 1.29 is 9.18 Å². The Balaban J connectivity index is 1.92. The molecule has 2 N–H and O–H groups in total. The van der Waals surface area contributed by atoms with Gasteiger partial charge in [-0.2, -0.15) is 0 Å². The number of aromatic nitrogens is 1. The monoisotopic (exact) mass is 380 g/mol. The van der Waals surface area contributed by atoms with Crippen LogP contribution in [0.15, 0.2) is 48.7 Å². The maximum absolute atomic E-state index is 13.9. The molecule has 2 aromatic carbocycles. The summed E-state index contributed by atoms with van der Waals surface area (Å²) in [4.78, 5) is 16.0. The number of H-pyrrole nitrogens is 1. The summed E-state index contributed by atoms with van der Waals surface area (Å²) in [6.45, 7) is 4.96. The first-order valence-electron chi connectivity index (χ1n) is 10.2. The Bertz CT molecular complexity index is 931. The molecule has 28 heavy (non-hydrogen) atoms. The van der Waals surface area contributed by atoms with Gasteiger partial charge in [0.15, 0.2) is 0 Å². The molecule has 4 heteroatoms. The van der Waals surface area contributed by atoms with Gasteiger partial charge in [0.1, 0.15) is 5.82 Å². The number of halogens is 1. The molecule has 1 heterocycles. The second-order valence-electron chi connectivity index (χ2n) is 7.31. The molecule has 0 spiro atoms. The topological polar surface area (TPSA) is 44.9 Å². The van der Waals surface area contributed by atoms with E-state index >= 15 is 0 Å². The van der Waals surface area contributed by atoms with Crippen LogP contribution in [0.25, 0.3) is 10.9 Å². The Kier molecular flexibility index (Phi) is 6.85. The van der Waals surface area contributed by atoms with Gasteiger partial charge < -0.3 is 10.3 Å². The summed E-state index contributed by atoms with van der Waals surface area (Å²) < 4.78 is 13.9. The van der Waals surface area contributed by atoms with E-state index in [4.69, 9.17) is 0 Å². The minimum atomic E-state index is -0.278. The Hall–Kier alpha value is -2.62. The van der Waals surface area contributed by atoms with Gasteiger partial charge in [-0.05, 0) is 41.7 Å². The number of carbonyl (C=O) groups is 1. The largest absolute Gasteiger partial charge is 0.361 e. The van der Waals surface area contributed by atoms with Crippen molar-refractivity contribution in [2.45, 2.75) is 51.9 Å². The van der Waals surface area contributed by atoms with E-state index in [1.54, 1.807) is 6.07 Å². The highest BCUT2D eigenvalue weighted by atomic mass is 19.1. The first-order valence-corrected chi connectivity index (χ1v) is 10.2. The Morgan fingerprint density at radius 3 is 2.71 bits per heavy atom. The molecule has 3 nitrogen and oxygen atoms in total. The van der Waals surface area contributed by atoms with Gasteiger partial charge in [-0.15, -0.1) is 0 Å². The smallest absolute Gasteiger partial charge is 0.220 e. The fraction of sp³-hybridized carbons (Fsp3) is 0.375. The van der Waals surface area contributed by atoms with Crippen LogP contribution in [0, 0.1) is 5.82 Å². The van der Waals surface area contributed by atoms with Gasteiger partial charge >= 0.3 is 0 Å². The molecule has 3 aromatic rings. The standard InChI is InChI=1S/C24H29FN2O/c1-3-5-6-13-26-23(28)15-21(18-10-7-11-19(25)14-18)22-16-27-24-17(4-2)9-8-12-20(22)24/h7-12,14,16,21,27H,3-6,13,15H2,1-2H3,(H,26,28)/t21-/m1/s1. The van der Waals surface area contributed by atoms with E-state index in [0.717, 1.165) is 47.7 Å². The maximum atomic E-state index is 13.9. The Labute approximate surface area is 166 Å². The molecule has 0 unspecified atom stereocenters. The number of carbonyl (C=O) groups excluding carboxylic acids is 1. The molecular formula is C24H29FN2O. The lowest BCUT2D eigenvalue weighted by Gasteiger charge is -2.17. The van der Waals surface area contributed by atoms with Gasteiger partial charge in [-0.1, -0.05) is 57.0 Å². The lowest BCUT2D eigenvalue weighted by molar-refractivity contribution is -0.121. The highest BCUT2D eigenvalue weighted by Crippen LogP contribution is 2.34. The molecule has 0 saturated heterocycles. The van der Waals surface area contributed by atoms with Crippen LogP contribution in [0.3, 0.4) is 0 Å². The van der Waals surface area contributed by atoms with Crippen molar-refractivity contribution in [3.05, 3.63) is 71.2 Å². The average Bonchev–Trinajstić information content (AvgIpc) is 3.13. The van der Waals surface area contributed by atoms with Gasteiger partial charge in [0, 0.05) is 36.0 Å². The van der Waals surface area contributed by atoms with Crippen LogP contribution < -0.4 is 5.32 Å². The number of hydrogen-bond donors (Lipinski definition) is 2.